The second kappa shape index (κ2) is 7.42. The van der Waals surface area contributed by atoms with E-state index in [2.05, 4.69) is 5.32 Å². The molecule has 0 aromatic heterocycles. The number of ether oxygens (including phenoxy) is 2. The van der Waals surface area contributed by atoms with E-state index in [4.69, 9.17) is 9.47 Å². The molecule has 6 nitrogen and oxygen atoms in total. The van der Waals surface area contributed by atoms with Crippen LogP contribution in [-0.2, 0) is 19.1 Å². The molecule has 0 radical (unpaired) electrons. The van der Waals surface area contributed by atoms with Gasteiger partial charge in [-0.2, -0.15) is 0 Å². The molecule has 2 aliphatic rings. The van der Waals surface area contributed by atoms with Crippen molar-refractivity contribution in [1.82, 2.24) is 10.2 Å². The van der Waals surface area contributed by atoms with Gasteiger partial charge in [-0.05, 0) is 18.8 Å². The fourth-order valence-electron chi connectivity index (χ4n) is 2.77. The van der Waals surface area contributed by atoms with E-state index in [0.717, 1.165) is 19.4 Å². The normalized spacial score (nSPS) is 26.6. The second-order valence-electron chi connectivity index (χ2n) is 7.19. The summed E-state index contributed by atoms with van der Waals surface area (Å²) in [4.78, 5) is 26.2. The number of nitrogens with zero attached hydrogens (tertiary/aromatic N) is 1. The standard InChI is InChI=1S/C16H28N2O4/c1-16(2,3)15(20)17-9-12-5-4-6-18(10-12)14(19)13-11-21-7-8-22-13/h12-13H,4-11H2,1-3H3,(H,17,20)/t12-,13+/m1/s1. The lowest BCUT2D eigenvalue weighted by Crippen LogP contribution is -2.50. The Morgan fingerprint density at radius 2 is 2.05 bits per heavy atom. The minimum absolute atomic E-state index is 0.0200. The third-order valence-electron chi connectivity index (χ3n) is 4.15. The summed E-state index contributed by atoms with van der Waals surface area (Å²) in [5, 5.41) is 3.00. The van der Waals surface area contributed by atoms with Crippen molar-refractivity contribution in [3.05, 3.63) is 0 Å². The Morgan fingerprint density at radius 1 is 1.27 bits per heavy atom. The molecule has 2 saturated heterocycles. The number of hydrogen-bond acceptors (Lipinski definition) is 4. The molecular weight excluding hydrogens is 284 g/mol. The lowest BCUT2D eigenvalue weighted by Gasteiger charge is -2.36. The van der Waals surface area contributed by atoms with E-state index in [1.165, 1.54) is 0 Å². The van der Waals surface area contributed by atoms with Gasteiger partial charge in [0, 0.05) is 25.0 Å². The first kappa shape index (κ1) is 17.2. The summed E-state index contributed by atoms with van der Waals surface area (Å²) in [5.41, 5.74) is -0.378. The molecule has 0 aliphatic carbocycles. The van der Waals surface area contributed by atoms with Crippen LogP contribution in [0.15, 0.2) is 0 Å². The van der Waals surface area contributed by atoms with E-state index >= 15 is 0 Å². The van der Waals surface area contributed by atoms with Gasteiger partial charge in [0.05, 0.1) is 19.8 Å². The van der Waals surface area contributed by atoms with Crippen LogP contribution in [0.5, 0.6) is 0 Å². The van der Waals surface area contributed by atoms with E-state index in [9.17, 15) is 9.59 Å². The maximum Gasteiger partial charge on any atom is 0.254 e. The Morgan fingerprint density at radius 3 is 2.68 bits per heavy atom. The molecule has 0 aromatic rings. The smallest absolute Gasteiger partial charge is 0.254 e. The molecule has 0 saturated carbocycles. The van der Waals surface area contributed by atoms with Crippen molar-refractivity contribution >= 4 is 11.8 Å². The van der Waals surface area contributed by atoms with Crippen LogP contribution in [0.1, 0.15) is 33.6 Å². The molecule has 2 heterocycles. The third-order valence-corrected chi connectivity index (χ3v) is 4.15. The Labute approximate surface area is 132 Å². The fraction of sp³-hybridized carbons (Fsp3) is 0.875. The van der Waals surface area contributed by atoms with Gasteiger partial charge < -0.3 is 19.7 Å². The van der Waals surface area contributed by atoms with Gasteiger partial charge in [-0.25, -0.2) is 0 Å². The summed E-state index contributed by atoms with van der Waals surface area (Å²) in [6, 6.07) is 0. The zero-order valence-corrected chi connectivity index (χ0v) is 13.9. The highest BCUT2D eigenvalue weighted by molar-refractivity contribution is 5.82. The summed E-state index contributed by atoms with van der Waals surface area (Å²) in [5.74, 6) is 0.389. The van der Waals surface area contributed by atoms with Crippen LogP contribution in [0.2, 0.25) is 0 Å². The van der Waals surface area contributed by atoms with E-state index in [-0.39, 0.29) is 17.2 Å². The number of likely N-dealkylation sites (tertiary alicyclic amines) is 1. The van der Waals surface area contributed by atoms with Crippen molar-refractivity contribution in [1.29, 1.82) is 0 Å². The number of piperidine rings is 1. The highest BCUT2D eigenvalue weighted by atomic mass is 16.6. The first-order valence-electron chi connectivity index (χ1n) is 8.14. The van der Waals surface area contributed by atoms with E-state index in [1.54, 1.807) is 0 Å². The van der Waals surface area contributed by atoms with Gasteiger partial charge in [0.25, 0.3) is 5.91 Å². The van der Waals surface area contributed by atoms with Gasteiger partial charge in [-0.3, -0.25) is 9.59 Å². The largest absolute Gasteiger partial charge is 0.376 e. The Kier molecular flexibility index (Phi) is 5.81. The van der Waals surface area contributed by atoms with Gasteiger partial charge in [0.2, 0.25) is 5.91 Å². The van der Waals surface area contributed by atoms with Crippen molar-refractivity contribution in [2.75, 3.05) is 39.5 Å². The lowest BCUT2D eigenvalue weighted by atomic mass is 9.94. The molecule has 0 unspecified atom stereocenters. The molecule has 1 N–H and O–H groups in total. The van der Waals surface area contributed by atoms with E-state index < -0.39 is 6.10 Å². The number of rotatable bonds is 3. The van der Waals surface area contributed by atoms with Crippen molar-refractivity contribution in [3.8, 4) is 0 Å². The molecule has 2 fully saturated rings. The van der Waals surface area contributed by atoms with Crippen molar-refractivity contribution in [3.63, 3.8) is 0 Å². The second-order valence-corrected chi connectivity index (χ2v) is 7.19. The molecule has 2 aliphatic heterocycles. The minimum atomic E-state index is -0.461. The zero-order chi connectivity index (χ0) is 16.2. The molecule has 0 spiro atoms. The maximum atomic E-state index is 12.4. The zero-order valence-electron chi connectivity index (χ0n) is 13.9. The van der Waals surface area contributed by atoms with Crippen molar-refractivity contribution in [2.24, 2.45) is 11.3 Å². The molecular formula is C16H28N2O4. The van der Waals surface area contributed by atoms with Crippen LogP contribution in [0.3, 0.4) is 0 Å². The molecule has 2 amide bonds. The SMILES string of the molecule is CC(C)(C)C(=O)NC[C@H]1CCCN(C(=O)[C@@H]2COCCO2)C1. The number of carbonyl (C=O) groups excluding carboxylic acids is 2. The average molecular weight is 312 g/mol. The van der Waals surface area contributed by atoms with Crippen LogP contribution in [0.4, 0.5) is 0 Å². The summed E-state index contributed by atoms with van der Waals surface area (Å²) in [6.07, 6.45) is 1.54. The molecule has 22 heavy (non-hydrogen) atoms. The lowest BCUT2D eigenvalue weighted by molar-refractivity contribution is -0.159. The average Bonchev–Trinajstić information content (AvgIpc) is 2.52. The minimum Gasteiger partial charge on any atom is -0.376 e. The maximum absolute atomic E-state index is 12.4. The third kappa shape index (κ3) is 4.68. The van der Waals surface area contributed by atoms with E-state index in [0.29, 0.717) is 38.8 Å². The number of amides is 2. The van der Waals surface area contributed by atoms with Crippen LogP contribution >= 0.6 is 0 Å². The van der Waals surface area contributed by atoms with Gasteiger partial charge >= 0.3 is 0 Å². The van der Waals surface area contributed by atoms with Crippen LogP contribution < -0.4 is 5.32 Å². The van der Waals surface area contributed by atoms with Crippen LogP contribution in [0.25, 0.3) is 0 Å². The molecule has 0 aromatic carbocycles. The Hall–Kier alpha value is -1.14. The summed E-state index contributed by atoms with van der Waals surface area (Å²) >= 11 is 0. The number of hydrogen-bond donors (Lipinski definition) is 1. The Bertz CT molecular complexity index is 399. The Balaban J connectivity index is 1.81. The molecule has 2 rings (SSSR count). The van der Waals surface area contributed by atoms with Gasteiger partial charge in [-0.1, -0.05) is 20.8 Å². The van der Waals surface area contributed by atoms with Gasteiger partial charge in [0.1, 0.15) is 0 Å². The van der Waals surface area contributed by atoms with Crippen LogP contribution in [0, 0.1) is 11.3 Å². The molecule has 2 atom stereocenters. The van der Waals surface area contributed by atoms with Crippen LogP contribution in [-0.4, -0.2) is 62.3 Å². The topological polar surface area (TPSA) is 67.9 Å². The van der Waals surface area contributed by atoms with Gasteiger partial charge in [0.15, 0.2) is 6.10 Å². The van der Waals surface area contributed by atoms with Crippen molar-refractivity contribution in [2.45, 2.75) is 39.7 Å². The van der Waals surface area contributed by atoms with Gasteiger partial charge in [-0.15, -0.1) is 0 Å². The predicted octanol–water partition coefficient (Wildman–Crippen LogP) is 0.803. The molecule has 6 heteroatoms. The monoisotopic (exact) mass is 312 g/mol. The number of carbonyl (C=O) groups is 2. The first-order valence-corrected chi connectivity index (χ1v) is 8.14. The summed E-state index contributed by atoms with van der Waals surface area (Å²) in [6.45, 7) is 9.17. The highest BCUT2D eigenvalue weighted by Gasteiger charge is 2.31. The first-order chi connectivity index (χ1) is 10.4. The molecule has 0 bridgehead atoms. The predicted molar refractivity (Wildman–Crippen MR) is 82.3 cm³/mol. The summed E-state index contributed by atoms with van der Waals surface area (Å²) < 4.78 is 10.8. The fourth-order valence-corrected chi connectivity index (χ4v) is 2.77. The highest BCUT2D eigenvalue weighted by Crippen LogP contribution is 2.19. The van der Waals surface area contributed by atoms with Crippen molar-refractivity contribution < 1.29 is 19.1 Å². The van der Waals surface area contributed by atoms with E-state index in [1.807, 2.05) is 25.7 Å². The quantitative estimate of drug-likeness (QED) is 0.837. The number of nitrogens with one attached hydrogen (secondary N) is 1. The molecule has 126 valence electrons. The summed E-state index contributed by atoms with van der Waals surface area (Å²) in [7, 11) is 0.